The molecule has 4 nitrogen and oxygen atoms in total. The van der Waals surface area contributed by atoms with E-state index in [4.69, 9.17) is 4.74 Å². The van der Waals surface area contributed by atoms with Crippen LogP contribution in [0.2, 0.25) is 0 Å². The van der Waals surface area contributed by atoms with E-state index in [-0.39, 0.29) is 0 Å². The Hall–Kier alpha value is -1.13. The molecule has 0 unspecified atom stereocenters. The molecule has 1 saturated heterocycles. The van der Waals surface area contributed by atoms with Gasteiger partial charge in [0.1, 0.15) is 0 Å². The van der Waals surface area contributed by atoms with Gasteiger partial charge in [0.2, 0.25) is 5.88 Å². The smallest absolute Gasteiger partial charge is 0.213 e. The SMILES string of the molecule is CCCNC1CCN(Cc2ccnc(OC)c2)CC1. The molecule has 0 aliphatic carbocycles. The van der Waals surface area contributed by atoms with Crippen molar-refractivity contribution in [2.75, 3.05) is 26.7 Å². The zero-order valence-electron chi connectivity index (χ0n) is 12.1. The van der Waals surface area contributed by atoms with Crippen molar-refractivity contribution in [2.45, 2.75) is 38.8 Å². The summed E-state index contributed by atoms with van der Waals surface area (Å²) >= 11 is 0. The molecule has 0 bridgehead atoms. The average molecular weight is 263 g/mol. The summed E-state index contributed by atoms with van der Waals surface area (Å²) in [7, 11) is 1.66. The lowest BCUT2D eigenvalue weighted by Gasteiger charge is -2.32. The first-order valence-corrected chi connectivity index (χ1v) is 7.26. The number of likely N-dealkylation sites (tertiary alicyclic amines) is 1. The molecular formula is C15H25N3O. The van der Waals surface area contributed by atoms with E-state index >= 15 is 0 Å². The molecule has 1 N–H and O–H groups in total. The van der Waals surface area contributed by atoms with E-state index in [0.717, 1.165) is 13.1 Å². The average Bonchev–Trinajstić information content (AvgIpc) is 2.47. The zero-order chi connectivity index (χ0) is 13.5. The molecule has 0 radical (unpaired) electrons. The molecule has 2 rings (SSSR count). The molecule has 4 heteroatoms. The quantitative estimate of drug-likeness (QED) is 0.852. The number of nitrogens with one attached hydrogen (secondary N) is 1. The summed E-state index contributed by atoms with van der Waals surface area (Å²) < 4.78 is 5.17. The van der Waals surface area contributed by atoms with E-state index in [1.807, 2.05) is 12.3 Å². The highest BCUT2D eigenvalue weighted by Crippen LogP contribution is 2.15. The molecule has 1 aliphatic rings. The van der Waals surface area contributed by atoms with Crippen LogP contribution in [0.5, 0.6) is 5.88 Å². The maximum absolute atomic E-state index is 5.17. The monoisotopic (exact) mass is 263 g/mol. The molecule has 0 spiro atoms. The number of aromatic nitrogens is 1. The number of methoxy groups -OCH3 is 1. The Labute approximate surface area is 116 Å². The molecule has 2 heterocycles. The summed E-state index contributed by atoms with van der Waals surface area (Å²) in [5.74, 6) is 0.706. The van der Waals surface area contributed by atoms with E-state index in [0.29, 0.717) is 11.9 Å². The minimum absolute atomic E-state index is 0.706. The second kappa shape index (κ2) is 7.46. The minimum atomic E-state index is 0.706. The highest BCUT2D eigenvalue weighted by Gasteiger charge is 2.18. The topological polar surface area (TPSA) is 37.4 Å². The number of hydrogen-bond donors (Lipinski definition) is 1. The first-order valence-electron chi connectivity index (χ1n) is 7.26. The molecular weight excluding hydrogens is 238 g/mol. The van der Waals surface area contributed by atoms with Crippen molar-refractivity contribution in [3.8, 4) is 5.88 Å². The lowest BCUT2D eigenvalue weighted by Crippen LogP contribution is -2.42. The van der Waals surface area contributed by atoms with Gasteiger partial charge in [-0.1, -0.05) is 6.92 Å². The largest absolute Gasteiger partial charge is 0.481 e. The molecule has 0 atom stereocenters. The first-order chi connectivity index (χ1) is 9.31. The Morgan fingerprint density at radius 1 is 1.42 bits per heavy atom. The van der Waals surface area contributed by atoms with Gasteiger partial charge in [0, 0.05) is 24.8 Å². The predicted molar refractivity (Wildman–Crippen MR) is 77.4 cm³/mol. The Balaban J connectivity index is 1.78. The van der Waals surface area contributed by atoms with Gasteiger partial charge >= 0.3 is 0 Å². The molecule has 1 aromatic heterocycles. The fraction of sp³-hybridized carbons (Fsp3) is 0.667. The normalized spacial score (nSPS) is 17.6. The highest BCUT2D eigenvalue weighted by molar-refractivity contribution is 5.20. The van der Waals surface area contributed by atoms with Crippen molar-refractivity contribution in [1.82, 2.24) is 15.2 Å². The fourth-order valence-corrected chi connectivity index (χ4v) is 2.56. The van der Waals surface area contributed by atoms with E-state index in [2.05, 4.69) is 28.2 Å². The van der Waals surface area contributed by atoms with Crippen LogP contribution in [0.3, 0.4) is 0 Å². The summed E-state index contributed by atoms with van der Waals surface area (Å²) in [4.78, 5) is 6.66. The second-order valence-corrected chi connectivity index (χ2v) is 5.21. The summed E-state index contributed by atoms with van der Waals surface area (Å²) in [6.07, 6.45) is 5.55. The van der Waals surface area contributed by atoms with Gasteiger partial charge in [-0.25, -0.2) is 4.98 Å². The van der Waals surface area contributed by atoms with Crippen molar-refractivity contribution < 1.29 is 4.74 Å². The van der Waals surface area contributed by atoms with Crippen LogP contribution in [0.1, 0.15) is 31.7 Å². The van der Waals surface area contributed by atoms with Crippen molar-refractivity contribution in [3.63, 3.8) is 0 Å². The van der Waals surface area contributed by atoms with Gasteiger partial charge in [0.25, 0.3) is 0 Å². The lowest BCUT2D eigenvalue weighted by atomic mass is 10.0. The Morgan fingerprint density at radius 3 is 2.89 bits per heavy atom. The van der Waals surface area contributed by atoms with E-state index < -0.39 is 0 Å². The molecule has 1 aliphatic heterocycles. The maximum atomic E-state index is 5.17. The van der Waals surface area contributed by atoms with Crippen LogP contribution in [-0.4, -0.2) is 42.7 Å². The van der Waals surface area contributed by atoms with Crippen LogP contribution in [0.25, 0.3) is 0 Å². The summed E-state index contributed by atoms with van der Waals surface area (Å²) in [5, 5.41) is 3.62. The van der Waals surface area contributed by atoms with Crippen LogP contribution in [0.4, 0.5) is 0 Å². The highest BCUT2D eigenvalue weighted by atomic mass is 16.5. The molecule has 0 amide bonds. The number of pyridine rings is 1. The fourth-order valence-electron chi connectivity index (χ4n) is 2.56. The third-order valence-electron chi connectivity index (χ3n) is 3.69. The van der Waals surface area contributed by atoms with Gasteiger partial charge in [0.15, 0.2) is 0 Å². The number of ether oxygens (including phenoxy) is 1. The number of nitrogens with zero attached hydrogens (tertiary/aromatic N) is 2. The zero-order valence-corrected chi connectivity index (χ0v) is 12.1. The van der Waals surface area contributed by atoms with Crippen molar-refractivity contribution in [3.05, 3.63) is 23.9 Å². The Kier molecular flexibility index (Phi) is 5.61. The van der Waals surface area contributed by atoms with E-state index in [1.165, 1.54) is 37.9 Å². The van der Waals surface area contributed by atoms with Crippen LogP contribution in [-0.2, 0) is 6.54 Å². The van der Waals surface area contributed by atoms with Gasteiger partial charge in [-0.2, -0.15) is 0 Å². The van der Waals surface area contributed by atoms with E-state index in [1.54, 1.807) is 7.11 Å². The van der Waals surface area contributed by atoms with Gasteiger partial charge in [-0.3, -0.25) is 4.90 Å². The number of piperidine rings is 1. The van der Waals surface area contributed by atoms with Gasteiger partial charge in [-0.15, -0.1) is 0 Å². The first kappa shape index (κ1) is 14.3. The molecule has 1 fully saturated rings. The lowest BCUT2D eigenvalue weighted by molar-refractivity contribution is 0.190. The van der Waals surface area contributed by atoms with Crippen molar-refractivity contribution in [1.29, 1.82) is 0 Å². The predicted octanol–water partition coefficient (Wildman–Crippen LogP) is 2.05. The van der Waals surface area contributed by atoms with Crippen molar-refractivity contribution in [2.24, 2.45) is 0 Å². The molecule has 0 aromatic carbocycles. The summed E-state index contributed by atoms with van der Waals surface area (Å²) in [6, 6.07) is 4.81. The molecule has 19 heavy (non-hydrogen) atoms. The second-order valence-electron chi connectivity index (χ2n) is 5.21. The molecule has 106 valence electrons. The van der Waals surface area contributed by atoms with Crippen LogP contribution in [0.15, 0.2) is 18.3 Å². The summed E-state index contributed by atoms with van der Waals surface area (Å²) in [6.45, 7) is 6.71. The van der Waals surface area contributed by atoms with Crippen molar-refractivity contribution >= 4 is 0 Å². The van der Waals surface area contributed by atoms with Gasteiger partial charge in [0.05, 0.1) is 7.11 Å². The number of rotatable bonds is 6. The minimum Gasteiger partial charge on any atom is -0.481 e. The molecule has 1 aromatic rings. The number of hydrogen-bond acceptors (Lipinski definition) is 4. The van der Waals surface area contributed by atoms with Gasteiger partial charge in [-0.05, 0) is 50.5 Å². The Morgan fingerprint density at radius 2 is 2.21 bits per heavy atom. The van der Waals surface area contributed by atoms with Crippen LogP contribution < -0.4 is 10.1 Å². The van der Waals surface area contributed by atoms with E-state index in [9.17, 15) is 0 Å². The maximum Gasteiger partial charge on any atom is 0.213 e. The van der Waals surface area contributed by atoms with Crippen LogP contribution in [0, 0.1) is 0 Å². The van der Waals surface area contributed by atoms with Crippen LogP contribution >= 0.6 is 0 Å². The third-order valence-corrected chi connectivity index (χ3v) is 3.69. The van der Waals surface area contributed by atoms with Gasteiger partial charge < -0.3 is 10.1 Å². The Bertz CT molecular complexity index is 375. The standard InChI is InChI=1S/C15H25N3O/c1-3-7-16-14-5-9-18(10-6-14)12-13-4-8-17-15(11-13)19-2/h4,8,11,14,16H,3,5-7,9-10,12H2,1-2H3. The summed E-state index contributed by atoms with van der Waals surface area (Å²) in [5.41, 5.74) is 1.28. The third kappa shape index (κ3) is 4.48. The molecule has 0 saturated carbocycles.